The quantitative estimate of drug-likeness (QED) is 0.815. The molecule has 5 nitrogen and oxygen atoms in total. The fourth-order valence-electron chi connectivity index (χ4n) is 2.39. The lowest BCUT2D eigenvalue weighted by atomic mass is 10.0. The van der Waals surface area contributed by atoms with Gasteiger partial charge in [0.2, 0.25) is 5.91 Å². The summed E-state index contributed by atoms with van der Waals surface area (Å²) in [6.45, 7) is 5.34. The molecule has 1 saturated heterocycles. The van der Waals surface area contributed by atoms with Crippen LogP contribution in [0.5, 0.6) is 0 Å². The highest BCUT2D eigenvalue weighted by molar-refractivity contribution is 6.30. The maximum absolute atomic E-state index is 11.7. The summed E-state index contributed by atoms with van der Waals surface area (Å²) in [5.41, 5.74) is 6.73. The van der Waals surface area contributed by atoms with Gasteiger partial charge in [-0.3, -0.25) is 9.69 Å². The highest BCUT2D eigenvalue weighted by Crippen LogP contribution is 2.23. The molecule has 0 bridgehead atoms. The minimum atomic E-state index is -0.499. The lowest BCUT2D eigenvalue weighted by molar-refractivity contribution is -0.122. The molecule has 8 heteroatoms. The smallest absolute Gasteiger partial charge is 0.236 e. The summed E-state index contributed by atoms with van der Waals surface area (Å²) < 4.78 is 5.40. The number of halogens is 3. The van der Waals surface area contributed by atoms with Crippen LogP contribution in [0.15, 0.2) is 24.3 Å². The predicted molar refractivity (Wildman–Crippen MR) is 97.7 cm³/mol. The molecule has 0 radical (unpaired) electrons. The molecule has 132 valence electrons. The van der Waals surface area contributed by atoms with E-state index in [9.17, 15) is 4.79 Å². The first-order valence-electron chi connectivity index (χ1n) is 7.18. The molecule has 1 fully saturated rings. The summed E-state index contributed by atoms with van der Waals surface area (Å²) in [6, 6.07) is 7.35. The predicted octanol–water partition coefficient (Wildman–Crippen LogP) is 2.02. The molecular weight excluding hydrogens is 361 g/mol. The zero-order valence-electron chi connectivity index (χ0n) is 13.0. The lowest BCUT2D eigenvalue weighted by Gasteiger charge is -2.35. The SMILES string of the molecule is C[C@@H](N)C(=O)NCC(c1ccc(Cl)cc1)N1CCOCC1.Cl.Cl. The van der Waals surface area contributed by atoms with Gasteiger partial charge >= 0.3 is 0 Å². The third-order valence-corrected chi connectivity index (χ3v) is 3.88. The second-order valence-corrected chi connectivity index (χ2v) is 5.69. The van der Waals surface area contributed by atoms with Gasteiger partial charge in [-0.15, -0.1) is 24.8 Å². The minimum Gasteiger partial charge on any atom is -0.379 e. The molecule has 1 aromatic rings. The Labute approximate surface area is 154 Å². The zero-order chi connectivity index (χ0) is 15.2. The van der Waals surface area contributed by atoms with Crippen LogP contribution in [0.3, 0.4) is 0 Å². The number of nitrogens with two attached hydrogens (primary N) is 1. The van der Waals surface area contributed by atoms with Crippen molar-refractivity contribution in [1.82, 2.24) is 10.2 Å². The Morgan fingerprint density at radius 3 is 2.39 bits per heavy atom. The topological polar surface area (TPSA) is 67.6 Å². The first-order chi connectivity index (χ1) is 10.1. The van der Waals surface area contributed by atoms with Crippen LogP contribution < -0.4 is 11.1 Å². The number of rotatable bonds is 5. The van der Waals surface area contributed by atoms with E-state index < -0.39 is 6.04 Å². The number of hydrogen-bond acceptors (Lipinski definition) is 4. The Morgan fingerprint density at radius 1 is 1.30 bits per heavy atom. The van der Waals surface area contributed by atoms with Crippen molar-refractivity contribution in [3.8, 4) is 0 Å². The van der Waals surface area contributed by atoms with Crippen LogP contribution in [0.1, 0.15) is 18.5 Å². The molecule has 1 amide bonds. The van der Waals surface area contributed by atoms with Gasteiger partial charge in [-0.1, -0.05) is 23.7 Å². The third-order valence-electron chi connectivity index (χ3n) is 3.62. The molecule has 0 aliphatic carbocycles. The summed E-state index contributed by atoms with van der Waals surface area (Å²) in [5, 5.41) is 3.62. The Bertz CT molecular complexity index is 466. The molecule has 1 aliphatic rings. The van der Waals surface area contributed by atoms with Crippen LogP contribution in [0.4, 0.5) is 0 Å². The van der Waals surface area contributed by atoms with Crippen LogP contribution >= 0.6 is 36.4 Å². The van der Waals surface area contributed by atoms with E-state index in [-0.39, 0.29) is 36.8 Å². The summed E-state index contributed by atoms with van der Waals surface area (Å²) in [4.78, 5) is 14.0. The fourth-order valence-corrected chi connectivity index (χ4v) is 2.52. The van der Waals surface area contributed by atoms with E-state index in [2.05, 4.69) is 10.2 Å². The van der Waals surface area contributed by atoms with E-state index in [1.165, 1.54) is 0 Å². The minimum absolute atomic E-state index is 0. The number of carbonyl (C=O) groups is 1. The van der Waals surface area contributed by atoms with Gasteiger partial charge in [-0.25, -0.2) is 0 Å². The summed E-state index contributed by atoms with van der Waals surface area (Å²) in [6.07, 6.45) is 0. The Kier molecular flexibility index (Phi) is 10.8. The molecule has 2 atom stereocenters. The molecule has 2 rings (SSSR count). The molecule has 1 unspecified atom stereocenters. The molecule has 0 saturated carbocycles. The number of amides is 1. The van der Waals surface area contributed by atoms with Gasteiger partial charge in [0.15, 0.2) is 0 Å². The van der Waals surface area contributed by atoms with Gasteiger partial charge in [0.25, 0.3) is 0 Å². The van der Waals surface area contributed by atoms with E-state index in [1.54, 1.807) is 6.92 Å². The summed E-state index contributed by atoms with van der Waals surface area (Å²) in [5.74, 6) is -0.137. The van der Waals surface area contributed by atoms with Crippen LogP contribution in [0.25, 0.3) is 0 Å². The standard InChI is InChI=1S/C15H22ClN3O2.2ClH/c1-11(17)15(20)18-10-14(19-6-8-21-9-7-19)12-2-4-13(16)5-3-12;;/h2-5,11,14H,6-10,17H2,1H3,(H,18,20);2*1H/t11-,14?;;/m1../s1. The van der Waals surface area contributed by atoms with Gasteiger partial charge in [0.05, 0.1) is 25.3 Å². The van der Waals surface area contributed by atoms with Crippen molar-refractivity contribution in [2.45, 2.75) is 19.0 Å². The fraction of sp³-hybridized carbons (Fsp3) is 0.533. The molecule has 1 heterocycles. The maximum atomic E-state index is 11.7. The molecule has 23 heavy (non-hydrogen) atoms. The average molecular weight is 385 g/mol. The molecule has 0 spiro atoms. The van der Waals surface area contributed by atoms with Crippen molar-refractivity contribution in [1.29, 1.82) is 0 Å². The first kappa shape index (κ1) is 22.4. The third kappa shape index (κ3) is 6.83. The van der Waals surface area contributed by atoms with Crippen LogP contribution in [0, 0.1) is 0 Å². The zero-order valence-corrected chi connectivity index (χ0v) is 15.4. The summed E-state index contributed by atoms with van der Waals surface area (Å²) in [7, 11) is 0. The molecule has 1 aliphatic heterocycles. The molecule has 1 aromatic carbocycles. The monoisotopic (exact) mass is 383 g/mol. The van der Waals surface area contributed by atoms with E-state index in [0.717, 1.165) is 18.7 Å². The number of carbonyl (C=O) groups excluding carboxylic acids is 1. The van der Waals surface area contributed by atoms with E-state index in [1.807, 2.05) is 24.3 Å². The van der Waals surface area contributed by atoms with Crippen LogP contribution in [-0.2, 0) is 9.53 Å². The number of morpholine rings is 1. The Morgan fingerprint density at radius 2 is 1.87 bits per heavy atom. The van der Waals surface area contributed by atoms with Crippen molar-refractivity contribution in [2.75, 3.05) is 32.8 Å². The van der Waals surface area contributed by atoms with Crippen molar-refractivity contribution >= 4 is 42.3 Å². The van der Waals surface area contributed by atoms with E-state index in [0.29, 0.717) is 24.8 Å². The van der Waals surface area contributed by atoms with Crippen molar-refractivity contribution in [3.63, 3.8) is 0 Å². The average Bonchev–Trinajstić information content (AvgIpc) is 2.50. The lowest BCUT2D eigenvalue weighted by Crippen LogP contribution is -2.46. The largest absolute Gasteiger partial charge is 0.379 e. The first-order valence-corrected chi connectivity index (χ1v) is 7.56. The van der Waals surface area contributed by atoms with Crippen molar-refractivity contribution in [2.24, 2.45) is 5.73 Å². The van der Waals surface area contributed by atoms with Crippen molar-refractivity contribution < 1.29 is 9.53 Å². The van der Waals surface area contributed by atoms with Crippen LogP contribution in [-0.4, -0.2) is 49.7 Å². The Hall–Kier alpha value is -0.560. The second kappa shape index (κ2) is 11.1. The van der Waals surface area contributed by atoms with Crippen LogP contribution in [0.2, 0.25) is 5.02 Å². The molecule has 0 aromatic heterocycles. The number of nitrogens with zero attached hydrogens (tertiary/aromatic N) is 1. The summed E-state index contributed by atoms with van der Waals surface area (Å²) >= 11 is 5.95. The van der Waals surface area contributed by atoms with E-state index in [4.69, 9.17) is 22.1 Å². The Balaban J connectivity index is 0.00000242. The number of hydrogen-bond donors (Lipinski definition) is 2. The van der Waals surface area contributed by atoms with Gasteiger partial charge in [-0.05, 0) is 24.6 Å². The molecular formula is C15H24Cl3N3O2. The number of benzene rings is 1. The van der Waals surface area contributed by atoms with Gasteiger partial charge in [0, 0.05) is 24.7 Å². The highest BCUT2D eigenvalue weighted by Gasteiger charge is 2.23. The van der Waals surface area contributed by atoms with Crippen molar-refractivity contribution in [3.05, 3.63) is 34.9 Å². The van der Waals surface area contributed by atoms with Gasteiger partial charge < -0.3 is 15.8 Å². The highest BCUT2D eigenvalue weighted by atomic mass is 35.5. The second-order valence-electron chi connectivity index (χ2n) is 5.25. The molecule has 3 N–H and O–H groups in total. The van der Waals surface area contributed by atoms with E-state index >= 15 is 0 Å². The number of ether oxygens (including phenoxy) is 1. The maximum Gasteiger partial charge on any atom is 0.236 e. The number of nitrogens with one attached hydrogen (secondary N) is 1. The normalized spacial score (nSPS) is 17.3. The van der Waals surface area contributed by atoms with Gasteiger partial charge in [-0.2, -0.15) is 0 Å². The van der Waals surface area contributed by atoms with Gasteiger partial charge in [0.1, 0.15) is 0 Å².